The first-order valence-corrected chi connectivity index (χ1v) is 11.0. The van der Waals surface area contributed by atoms with Gasteiger partial charge in [0.15, 0.2) is 5.69 Å². The number of benzene rings is 2. The van der Waals surface area contributed by atoms with Crippen molar-refractivity contribution in [3.8, 4) is 0 Å². The number of likely N-dealkylation sites (tertiary alicyclic amines) is 1. The van der Waals surface area contributed by atoms with E-state index in [1.807, 2.05) is 12.1 Å². The van der Waals surface area contributed by atoms with Crippen molar-refractivity contribution in [1.29, 1.82) is 0 Å². The Morgan fingerprint density at radius 1 is 1.06 bits per heavy atom. The molecule has 0 unspecified atom stereocenters. The molecule has 1 aliphatic heterocycles. The smallest absolute Gasteiger partial charge is 0.275 e. The van der Waals surface area contributed by atoms with E-state index in [1.165, 1.54) is 22.2 Å². The molecule has 0 radical (unpaired) electrons. The lowest BCUT2D eigenvalue weighted by atomic mass is 9.90. The molecule has 6 heteroatoms. The van der Waals surface area contributed by atoms with Gasteiger partial charge in [-0.3, -0.25) is 14.5 Å². The average molecular weight is 419 g/mol. The second-order valence-electron chi connectivity index (χ2n) is 8.51. The normalized spacial score (nSPS) is 15.3. The molecule has 1 aliphatic rings. The first kappa shape index (κ1) is 21.2. The van der Waals surface area contributed by atoms with Gasteiger partial charge < -0.3 is 5.32 Å². The highest BCUT2D eigenvalue weighted by Gasteiger charge is 2.21. The van der Waals surface area contributed by atoms with Crippen LogP contribution < -0.4 is 10.9 Å². The van der Waals surface area contributed by atoms with E-state index in [4.69, 9.17) is 0 Å². The molecule has 3 aromatic rings. The molecule has 6 nitrogen and oxygen atoms in total. The number of hydrogen-bond acceptors (Lipinski definition) is 4. The molecule has 0 bridgehead atoms. The van der Waals surface area contributed by atoms with Crippen LogP contribution in [0.25, 0.3) is 10.8 Å². The van der Waals surface area contributed by atoms with Gasteiger partial charge in [-0.1, -0.05) is 48.0 Å². The maximum atomic E-state index is 13.0. The summed E-state index contributed by atoms with van der Waals surface area (Å²) in [5.74, 6) is 0.431. The number of hydrogen-bond donors (Lipinski definition) is 1. The highest BCUT2D eigenvalue weighted by Crippen LogP contribution is 2.23. The number of amides is 1. The first-order chi connectivity index (χ1) is 15.0. The molecule has 2 heterocycles. The number of fused-ring (bicyclic) bond motifs is 1. The number of piperidine rings is 1. The molecule has 0 atom stereocenters. The van der Waals surface area contributed by atoms with Crippen molar-refractivity contribution < 1.29 is 4.79 Å². The highest BCUT2D eigenvalue weighted by molar-refractivity contribution is 6.04. The van der Waals surface area contributed by atoms with Gasteiger partial charge in [-0.15, -0.1) is 0 Å². The van der Waals surface area contributed by atoms with Gasteiger partial charge in [0.2, 0.25) is 0 Å². The number of nitrogens with one attached hydrogen (secondary N) is 1. The molecule has 1 aromatic heterocycles. The van der Waals surface area contributed by atoms with Crippen LogP contribution >= 0.6 is 0 Å². The molecular formula is C25H30N4O2. The maximum absolute atomic E-state index is 13.0. The molecule has 0 saturated carbocycles. The van der Waals surface area contributed by atoms with E-state index < -0.39 is 0 Å². The number of nitrogens with zero attached hydrogens (tertiary/aromatic N) is 3. The second-order valence-corrected chi connectivity index (χ2v) is 8.51. The summed E-state index contributed by atoms with van der Waals surface area (Å²) in [4.78, 5) is 27.5. The SMILES string of the molecule is CNC(=O)c1nn(CN2CCC(CCc3ccc(C)cc3)CC2)c(=O)c2ccccc12. The van der Waals surface area contributed by atoms with Crippen LogP contribution in [0.3, 0.4) is 0 Å². The fraction of sp³-hybridized carbons (Fsp3) is 0.400. The largest absolute Gasteiger partial charge is 0.354 e. The predicted octanol–water partition coefficient (Wildman–Crippen LogP) is 3.37. The van der Waals surface area contributed by atoms with Gasteiger partial charge in [0.05, 0.1) is 12.1 Å². The van der Waals surface area contributed by atoms with Gasteiger partial charge in [0, 0.05) is 25.5 Å². The van der Waals surface area contributed by atoms with E-state index in [-0.39, 0.29) is 11.5 Å². The number of carbonyl (C=O) groups is 1. The summed E-state index contributed by atoms with van der Waals surface area (Å²) < 4.78 is 1.44. The van der Waals surface area contributed by atoms with Gasteiger partial charge in [-0.05, 0) is 50.2 Å². The molecule has 31 heavy (non-hydrogen) atoms. The zero-order chi connectivity index (χ0) is 21.8. The van der Waals surface area contributed by atoms with Crippen LogP contribution in [-0.2, 0) is 13.1 Å². The van der Waals surface area contributed by atoms with Crippen LogP contribution in [-0.4, -0.2) is 40.7 Å². The average Bonchev–Trinajstić information content (AvgIpc) is 2.81. The molecule has 1 amide bonds. The van der Waals surface area contributed by atoms with E-state index in [0.29, 0.717) is 29.1 Å². The minimum Gasteiger partial charge on any atom is -0.354 e. The number of carbonyl (C=O) groups excluding carboxylic acids is 1. The summed E-state index contributed by atoms with van der Waals surface area (Å²) in [7, 11) is 1.58. The third-order valence-electron chi connectivity index (χ3n) is 6.31. The second kappa shape index (κ2) is 9.43. The summed E-state index contributed by atoms with van der Waals surface area (Å²) in [5.41, 5.74) is 2.85. The summed E-state index contributed by atoms with van der Waals surface area (Å²) in [5, 5.41) is 8.17. The predicted molar refractivity (Wildman–Crippen MR) is 123 cm³/mol. The summed E-state index contributed by atoms with van der Waals surface area (Å²) in [6, 6.07) is 16.0. The van der Waals surface area contributed by atoms with Crippen LogP contribution in [0.1, 0.15) is 40.9 Å². The van der Waals surface area contributed by atoms with Gasteiger partial charge in [0.1, 0.15) is 0 Å². The number of aryl methyl sites for hydroxylation is 2. The fourth-order valence-corrected chi connectivity index (χ4v) is 4.35. The number of rotatable bonds is 6. The van der Waals surface area contributed by atoms with E-state index >= 15 is 0 Å². The first-order valence-electron chi connectivity index (χ1n) is 11.0. The third kappa shape index (κ3) is 4.85. The summed E-state index contributed by atoms with van der Waals surface area (Å²) in [6.45, 7) is 4.41. The lowest BCUT2D eigenvalue weighted by molar-refractivity contribution is 0.0953. The molecule has 4 rings (SSSR count). The molecular weight excluding hydrogens is 388 g/mol. The van der Waals surface area contributed by atoms with Gasteiger partial charge in [-0.25, -0.2) is 4.68 Å². The Kier molecular flexibility index (Phi) is 6.47. The van der Waals surface area contributed by atoms with Crippen molar-refractivity contribution in [1.82, 2.24) is 20.0 Å². The lowest BCUT2D eigenvalue weighted by Crippen LogP contribution is -2.40. The van der Waals surface area contributed by atoms with Crippen LogP contribution in [0, 0.1) is 12.8 Å². The topological polar surface area (TPSA) is 67.2 Å². The summed E-state index contributed by atoms with van der Waals surface area (Å²) in [6.07, 6.45) is 4.56. The van der Waals surface area contributed by atoms with Crippen molar-refractivity contribution in [2.24, 2.45) is 5.92 Å². The Hall–Kier alpha value is -2.99. The van der Waals surface area contributed by atoms with Crippen molar-refractivity contribution in [3.05, 3.63) is 75.7 Å². The quantitative estimate of drug-likeness (QED) is 0.667. The number of aromatic nitrogens is 2. The Morgan fingerprint density at radius 3 is 2.42 bits per heavy atom. The minimum absolute atomic E-state index is 0.148. The zero-order valence-corrected chi connectivity index (χ0v) is 18.3. The minimum atomic E-state index is -0.278. The van der Waals surface area contributed by atoms with Gasteiger partial charge >= 0.3 is 0 Å². The Morgan fingerprint density at radius 2 is 1.74 bits per heavy atom. The third-order valence-corrected chi connectivity index (χ3v) is 6.31. The molecule has 162 valence electrons. The molecule has 0 aliphatic carbocycles. The maximum Gasteiger partial charge on any atom is 0.275 e. The van der Waals surface area contributed by atoms with Crippen molar-refractivity contribution in [2.75, 3.05) is 20.1 Å². The molecule has 1 N–H and O–H groups in total. The molecule has 0 spiro atoms. The van der Waals surface area contributed by atoms with Crippen LogP contribution in [0.2, 0.25) is 0 Å². The van der Waals surface area contributed by atoms with Crippen LogP contribution in [0.4, 0.5) is 0 Å². The highest BCUT2D eigenvalue weighted by atomic mass is 16.2. The molecule has 2 aromatic carbocycles. The van der Waals surface area contributed by atoms with Gasteiger partial charge in [-0.2, -0.15) is 5.10 Å². The van der Waals surface area contributed by atoms with E-state index in [2.05, 4.69) is 46.5 Å². The molecule has 1 fully saturated rings. The van der Waals surface area contributed by atoms with E-state index in [9.17, 15) is 9.59 Å². The van der Waals surface area contributed by atoms with Crippen molar-refractivity contribution in [3.63, 3.8) is 0 Å². The van der Waals surface area contributed by atoms with E-state index in [0.717, 1.165) is 32.4 Å². The van der Waals surface area contributed by atoms with Crippen molar-refractivity contribution in [2.45, 2.75) is 39.3 Å². The van der Waals surface area contributed by atoms with Crippen LogP contribution in [0.15, 0.2) is 53.3 Å². The Labute approximate surface area is 182 Å². The standard InChI is InChI=1S/C25H30N4O2/c1-18-7-9-19(10-8-18)11-12-20-13-15-28(16-14-20)17-29-25(31)22-6-4-3-5-21(22)23(27-29)24(30)26-2/h3-10,20H,11-17H2,1-2H3,(H,26,30). The van der Waals surface area contributed by atoms with Crippen LogP contribution in [0.5, 0.6) is 0 Å². The van der Waals surface area contributed by atoms with Gasteiger partial charge in [0.25, 0.3) is 11.5 Å². The monoisotopic (exact) mass is 418 g/mol. The zero-order valence-electron chi connectivity index (χ0n) is 18.3. The van der Waals surface area contributed by atoms with E-state index in [1.54, 1.807) is 19.2 Å². The lowest BCUT2D eigenvalue weighted by Gasteiger charge is -2.32. The molecule has 1 saturated heterocycles. The Bertz CT molecular complexity index is 1110. The Balaban J connectivity index is 1.41. The fourth-order valence-electron chi connectivity index (χ4n) is 4.35. The summed E-state index contributed by atoms with van der Waals surface area (Å²) >= 11 is 0. The van der Waals surface area contributed by atoms with Crippen molar-refractivity contribution >= 4 is 16.7 Å².